The van der Waals surface area contributed by atoms with Gasteiger partial charge in [0.2, 0.25) is 0 Å². The van der Waals surface area contributed by atoms with E-state index in [1.807, 2.05) is 24.3 Å². The Morgan fingerprint density at radius 2 is 1.53 bits per heavy atom. The van der Waals surface area contributed by atoms with E-state index in [2.05, 4.69) is 0 Å². The van der Waals surface area contributed by atoms with E-state index in [0.717, 1.165) is 17.7 Å². The van der Waals surface area contributed by atoms with E-state index in [0.29, 0.717) is 12.2 Å². The van der Waals surface area contributed by atoms with Crippen molar-refractivity contribution in [1.29, 1.82) is 0 Å². The minimum atomic E-state index is 0.199. The largest absolute Gasteiger partial charge is 0.508 e. The number of benzene rings is 2. The molecule has 98 valence electrons. The third-order valence-corrected chi connectivity index (χ3v) is 2.76. The number of phenolic OH excluding ortho intramolecular Hbond substituents is 1. The second-order valence-electron chi connectivity index (χ2n) is 4.44. The van der Waals surface area contributed by atoms with Gasteiger partial charge in [-0.1, -0.05) is 12.1 Å². The Morgan fingerprint density at radius 1 is 1.00 bits per heavy atom. The van der Waals surface area contributed by atoms with E-state index in [1.165, 1.54) is 0 Å². The lowest BCUT2D eigenvalue weighted by molar-refractivity contribution is -0.116. The predicted octanol–water partition coefficient (Wildman–Crippen LogP) is 3.71. The maximum atomic E-state index is 10.9. The number of carbonyl (C=O) groups is 1. The van der Waals surface area contributed by atoms with Crippen LogP contribution < -0.4 is 4.74 Å². The zero-order valence-corrected chi connectivity index (χ0v) is 10.8. The van der Waals surface area contributed by atoms with Gasteiger partial charge in [-0.15, -0.1) is 0 Å². The summed E-state index contributed by atoms with van der Waals surface area (Å²) in [6.07, 6.45) is 1.33. The molecule has 0 saturated carbocycles. The van der Waals surface area contributed by atoms with E-state index in [-0.39, 0.29) is 11.5 Å². The van der Waals surface area contributed by atoms with Gasteiger partial charge in [-0.25, -0.2) is 0 Å². The highest BCUT2D eigenvalue weighted by molar-refractivity contribution is 5.75. The lowest BCUT2D eigenvalue weighted by Gasteiger charge is -2.06. The van der Waals surface area contributed by atoms with Crippen molar-refractivity contribution in [1.82, 2.24) is 0 Å². The number of hydrogen-bond acceptors (Lipinski definition) is 3. The van der Waals surface area contributed by atoms with Crippen molar-refractivity contribution in [2.75, 3.05) is 0 Å². The average Bonchev–Trinajstić information content (AvgIpc) is 2.40. The minimum Gasteiger partial charge on any atom is -0.508 e. The van der Waals surface area contributed by atoms with Crippen molar-refractivity contribution < 1.29 is 14.6 Å². The van der Waals surface area contributed by atoms with Gasteiger partial charge in [0.15, 0.2) is 0 Å². The van der Waals surface area contributed by atoms with E-state index in [4.69, 9.17) is 4.74 Å². The van der Waals surface area contributed by atoms with Crippen molar-refractivity contribution in [2.45, 2.75) is 19.8 Å². The lowest BCUT2D eigenvalue weighted by atomic mass is 10.1. The number of aryl methyl sites for hydroxylation is 1. The van der Waals surface area contributed by atoms with E-state index < -0.39 is 0 Å². The maximum absolute atomic E-state index is 10.9. The molecular weight excluding hydrogens is 240 g/mol. The van der Waals surface area contributed by atoms with Crippen molar-refractivity contribution >= 4 is 5.78 Å². The van der Waals surface area contributed by atoms with Crippen LogP contribution in [0.25, 0.3) is 0 Å². The normalized spacial score (nSPS) is 10.2. The second kappa shape index (κ2) is 6.05. The number of ketones is 1. The first-order valence-electron chi connectivity index (χ1n) is 6.19. The summed E-state index contributed by atoms with van der Waals surface area (Å²) in [6, 6.07) is 14.2. The number of rotatable bonds is 5. The summed E-state index contributed by atoms with van der Waals surface area (Å²) in [5.41, 5.74) is 1.12. The number of ether oxygens (including phenoxy) is 1. The average molecular weight is 256 g/mol. The predicted molar refractivity (Wildman–Crippen MR) is 73.6 cm³/mol. The Hall–Kier alpha value is -2.29. The van der Waals surface area contributed by atoms with E-state index in [1.54, 1.807) is 31.2 Å². The molecule has 1 N–H and O–H groups in total. The van der Waals surface area contributed by atoms with Crippen LogP contribution in [0.1, 0.15) is 18.9 Å². The fourth-order valence-corrected chi connectivity index (χ4v) is 1.69. The molecule has 0 spiro atoms. The third kappa shape index (κ3) is 4.14. The Morgan fingerprint density at radius 3 is 2.05 bits per heavy atom. The molecule has 0 aromatic heterocycles. The number of hydrogen-bond donors (Lipinski definition) is 1. The van der Waals surface area contributed by atoms with Crippen LogP contribution in [-0.2, 0) is 11.2 Å². The first kappa shape index (κ1) is 13.1. The second-order valence-corrected chi connectivity index (χ2v) is 4.44. The van der Waals surface area contributed by atoms with Gasteiger partial charge in [-0.3, -0.25) is 0 Å². The van der Waals surface area contributed by atoms with Crippen molar-refractivity contribution in [3.05, 3.63) is 54.1 Å². The number of carbonyl (C=O) groups excluding carboxylic acids is 1. The summed E-state index contributed by atoms with van der Waals surface area (Å²) in [4.78, 5) is 10.9. The van der Waals surface area contributed by atoms with Crippen molar-refractivity contribution in [3.8, 4) is 17.2 Å². The van der Waals surface area contributed by atoms with Gasteiger partial charge in [0.05, 0.1) is 0 Å². The monoisotopic (exact) mass is 256 g/mol. The minimum absolute atomic E-state index is 0.199. The van der Waals surface area contributed by atoms with Crippen LogP contribution in [-0.4, -0.2) is 10.9 Å². The van der Waals surface area contributed by atoms with Crippen molar-refractivity contribution in [2.24, 2.45) is 0 Å². The number of aromatic hydroxyl groups is 1. The molecule has 3 nitrogen and oxygen atoms in total. The molecule has 0 radical (unpaired) electrons. The zero-order chi connectivity index (χ0) is 13.7. The number of Topliss-reactive ketones (excluding diaryl/α,β-unsaturated/α-hetero) is 1. The van der Waals surface area contributed by atoms with Crippen LogP contribution in [0.5, 0.6) is 17.2 Å². The van der Waals surface area contributed by atoms with Crippen LogP contribution in [0, 0.1) is 0 Å². The van der Waals surface area contributed by atoms with Gasteiger partial charge in [0.25, 0.3) is 0 Å². The molecule has 0 heterocycles. The quantitative estimate of drug-likeness (QED) is 0.887. The Bertz CT molecular complexity index is 541. The van der Waals surface area contributed by atoms with Crippen LogP contribution >= 0.6 is 0 Å². The molecule has 0 amide bonds. The highest BCUT2D eigenvalue weighted by Gasteiger charge is 2.00. The van der Waals surface area contributed by atoms with Gasteiger partial charge in [0.1, 0.15) is 23.0 Å². The van der Waals surface area contributed by atoms with Crippen molar-refractivity contribution in [3.63, 3.8) is 0 Å². The van der Waals surface area contributed by atoms with Gasteiger partial charge in [0, 0.05) is 6.42 Å². The summed E-state index contributed by atoms with van der Waals surface area (Å²) >= 11 is 0. The van der Waals surface area contributed by atoms with E-state index >= 15 is 0 Å². The van der Waals surface area contributed by atoms with Gasteiger partial charge < -0.3 is 14.6 Å². The van der Waals surface area contributed by atoms with Crippen LogP contribution in [0.3, 0.4) is 0 Å². The fourth-order valence-electron chi connectivity index (χ4n) is 1.69. The molecule has 2 aromatic rings. The fraction of sp³-hybridized carbons (Fsp3) is 0.188. The first-order valence-corrected chi connectivity index (χ1v) is 6.19. The first-order chi connectivity index (χ1) is 9.13. The van der Waals surface area contributed by atoms with Crippen LogP contribution in [0.4, 0.5) is 0 Å². The van der Waals surface area contributed by atoms with E-state index in [9.17, 15) is 9.90 Å². The SMILES string of the molecule is CC(=O)CCc1ccc(Oc2ccc(O)cc2)cc1. The molecule has 0 fully saturated rings. The highest BCUT2D eigenvalue weighted by atomic mass is 16.5. The highest BCUT2D eigenvalue weighted by Crippen LogP contribution is 2.23. The summed E-state index contributed by atoms with van der Waals surface area (Å²) in [5, 5.41) is 9.18. The molecule has 0 aliphatic carbocycles. The molecular formula is C16H16O3. The standard InChI is InChI=1S/C16H16O3/c1-12(17)2-3-13-4-8-15(9-5-13)19-16-10-6-14(18)7-11-16/h4-11,18H,2-3H2,1H3. The number of phenols is 1. The molecule has 0 saturated heterocycles. The topological polar surface area (TPSA) is 46.5 Å². The third-order valence-electron chi connectivity index (χ3n) is 2.76. The summed E-state index contributed by atoms with van der Waals surface area (Å²) < 4.78 is 5.64. The molecule has 0 aliphatic rings. The Labute approximate surface area is 112 Å². The molecule has 0 unspecified atom stereocenters. The van der Waals surface area contributed by atoms with Gasteiger partial charge in [-0.05, 0) is 55.3 Å². The summed E-state index contributed by atoms with van der Waals surface area (Å²) in [6.45, 7) is 1.60. The molecule has 0 atom stereocenters. The molecule has 2 aromatic carbocycles. The van der Waals surface area contributed by atoms with Gasteiger partial charge in [-0.2, -0.15) is 0 Å². The molecule has 3 heteroatoms. The summed E-state index contributed by atoms with van der Waals surface area (Å²) in [5.74, 6) is 1.82. The van der Waals surface area contributed by atoms with Crippen LogP contribution in [0.2, 0.25) is 0 Å². The van der Waals surface area contributed by atoms with Crippen LogP contribution in [0.15, 0.2) is 48.5 Å². The maximum Gasteiger partial charge on any atom is 0.130 e. The molecule has 0 aliphatic heterocycles. The Balaban J connectivity index is 1.98. The molecule has 2 rings (SSSR count). The smallest absolute Gasteiger partial charge is 0.130 e. The summed E-state index contributed by atoms with van der Waals surface area (Å²) in [7, 11) is 0. The zero-order valence-electron chi connectivity index (χ0n) is 10.8. The Kier molecular flexibility index (Phi) is 4.18. The molecule has 0 bridgehead atoms. The molecule has 19 heavy (non-hydrogen) atoms. The lowest BCUT2D eigenvalue weighted by Crippen LogP contribution is -1.93. The van der Waals surface area contributed by atoms with Gasteiger partial charge >= 0.3 is 0 Å².